The van der Waals surface area contributed by atoms with Gasteiger partial charge in [-0.15, -0.1) is 0 Å². The largest absolute Gasteiger partial charge is 0.329 e. The first-order valence-electron chi connectivity index (χ1n) is 7.65. The van der Waals surface area contributed by atoms with E-state index in [1.165, 1.54) is 18.4 Å². The molecule has 0 aliphatic carbocycles. The molecule has 4 nitrogen and oxygen atoms in total. The summed E-state index contributed by atoms with van der Waals surface area (Å²) < 4.78 is 1.98. The molecule has 1 heterocycles. The molecule has 1 aromatic rings. The highest BCUT2D eigenvalue weighted by molar-refractivity contribution is 5.11. The number of nitrogens with zero attached hydrogens (tertiary/aromatic N) is 3. The summed E-state index contributed by atoms with van der Waals surface area (Å²) in [5.41, 5.74) is 7.29. The Kier molecular flexibility index (Phi) is 7.10. The van der Waals surface area contributed by atoms with Crippen LogP contribution >= 0.6 is 0 Å². The van der Waals surface area contributed by atoms with Gasteiger partial charge >= 0.3 is 0 Å². The molecule has 0 radical (unpaired) electrons. The summed E-state index contributed by atoms with van der Waals surface area (Å²) in [6.45, 7) is 11.6. The first-order valence-corrected chi connectivity index (χ1v) is 7.65. The maximum atomic E-state index is 6.04. The van der Waals surface area contributed by atoms with E-state index in [0.717, 1.165) is 19.5 Å². The van der Waals surface area contributed by atoms with Crippen LogP contribution in [-0.2, 0) is 6.54 Å². The molecule has 0 aromatic carbocycles. The summed E-state index contributed by atoms with van der Waals surface area (Å²) in [7, 11) is 0. The highest BCUT2D eigenvalue weighted by Gasteiger charge is 2.23. The molecule has 0 amide bonds. The highest BCUT2D eigenvalue weighted by atomic mass is 15.3. The molecule has 0 fully saturated rings. The molecular weight excluding hydrogens is 236 g/mol. The maximum Gasteiger partial charge on any atom is 0.0538 e. The fourth-order valence-corrected chi connectivity index (χ4v) is 2.45. The van der Waals surface area contributed by atoms with E-state index < -0.39 is 0 Å². The van der Waals surface area contributed by atoms with Gasteiger partial charge in [0.1, 0.15) is 0 Å². The van der Waals surface area contributed by atoms with Crippen molar-refractivity contribution < 1.29 is 0 Å². The third-order valence-electron chi connectivity index (χ3n) is 3.91. The van der Waals surface area contributed by atoms with Crippen molar-refractivity contribution in [1.82, 2.24) is 14.7 Å². The van der Waals surface area contributed by atoms with Crippen LogP contribution in [0.25, 0.3) is 0 Å². The van der Waals surface area contributed by atoms with Gasteiger partial charge in [0, 0.05) is 30.9 Å². The van der Waals surface area contributed by atoms with Crippen molar-refractivity contribution in [2.24, 2.45) is 5.73 Å². The summed E-state index contributed by atoms with van der Waals surface area (Å²) in [4.78, 5) is 2.54. The van der Waals surface area contributed by atoms with Gasteiger partial charge in [0.2, 0.25) is 0 Å². The van der Waals surface area contributed by atoms with Crippen LogP contribution in [0.15, 0.2) is 12.4 Å². The third-order valence-corrected chi connectivity index (χ3v) is 3.91. The lowest BCUT2D eigenvalue weighted by Crippen LogP contribution is -2.40. The molecule has 1 rings (SSSR count). The second-order valence-electron chi connectivity index (χ2n) is 5.23. The van der Waals surface area contributed by atoms with Crippen LogP contribution in [0.5, 0.6) is 0 Å². The summed E-state index contributed by atoms with van der Waals surface area (Å²) in [6.07, 6.45) is 7.71. The summed E-state index contributed by atoms with van der Waals surface area (Å²) >= 11 is 0. The number of rotatable bonds is 9. The highest BCUT2D eigenvalue weighted by Crippen LogP contribution is 2.23. The summed E-state index contributed by atoms with van der Waals surface area (Å²) in [5.74, 6) is 0. The Morgan fingerprint density at radius 2 is 2.11 bits per heavy atom. The monoisotopic (exact) mass is 266 g/mol. The molecule has 0 aliphatic rings. The Bertz CT molecular complexity index is 348. The second-order valence-corrected chi connectivity index (χ2v) is 5.23. The fourth-order valence-electron chi connectivity index (χ4n) is 2.45. The Labute approximate surface area is 118 Å². The predicted octanol–water partition coefficient (Wildman–Crippen LogP) is 2.80. The molecule has 0 bridgehead atoms. The predicted molar refractivity (Wildman–Crippen MR) is 81.1 cm³/mol. The van der Waals surface area contributed by atoms with E-state index in [1.54, 1.807) is 0 Å². The van der Waals surface area contributed by atoms with Crippen molar-refractivity contribution in [2.45, 2.75) is 65.6 Å². The van der Waals surface area contributed by atoms with Gasteiger partial charge in [0.05, 0.1) is 12.2 Å². The van der Waals surface area contributed by atoms with Crippen molar-refractivity contribution in [3.63, 3.8) is 0 Å². The standard InChI is InChI=1S/C15H30N4/c1-5-8-9-19(13(4)6-2)15(10-16)14-11-17-18(7-3)12-14/h11-13,15H,5-10,16H2,1-4H3. The van der Waals surface area contributed by atoms with Gasteiger partial charge in [-0.25, -0.2) is 0 Å². The van der Waals surface area contributed by atoms with Gasteiger partial charge in [-0.1, -0.05) is 20.3 Å². The van der Waals surface area contributed by atoms with Crippen LogP contribution in [0.1, 0.15) is 58.6 Å². The van der Waals surface area contributed by atoms with Crippen molar-refractivity contribution in [2.75, 3.05) is 13.1 Å². The molecule has 2 N–H and O–H groups in total. The first kappa shape index (κ1) is 16.2. The van der Waals surface area contributed by atoms with Crippen LogP contribution in [0, 0.1) is 0 Å². The van der Waals surface area contributed by atoms with E-state index in [-0.39, 0.29) is 0 Å². The molecule has 4 heteroatoms. The molecule has 2 unspecified atom stereocenters. The zero-order valence-electron chi connectivity index (χ0n) is 13.0. The molecule has 110 valence electrons. The normalized spacial score (nSPS) is 14.8. The molecule has 19 heavy (non-hydrogen) atoms. The summed E-state index contributed by atoms with van der Waals surface area (Å²) in [6, 6.07) is 0.854. The average molecular weight is 266 g/mol. The Morgan fingerprint density at radius 1 is 1.37 bits per heavy atom. The zero-order chi connectivity index (χ0) is 14.3. The Hall–Kier alpha value is -0.870. The van der Waals surface area contributed by atoms with Gasteiger partial charge in [0.25, 0.3) is 0 Å². The minimum atomic E-state index is 0.293. The van der Waals surface area contributed by atoms with Crippen LogP contribution in [0.3, 0.4) is 0 Å². The lowest BCUT2D eigenvalue weighted by Gasteiger charge is -2.35. The van der Waals surface area contributed by atoms with Crippen molar-refractivity contribution in [1.29, 1.82) is 0 Å². The molecule has 2 atom stereocenters. The zero-order valence-corrected chi connectivity index (χ0v) is 13.0. The minimum absolute atomic E-state index is 0.293. The van der Waals surface area contributed by atoms with Gasteiger partial charge in [-0.05, 0) is 33.2 Å². The molecule has 1 aromatic heterocycles. The number of unbranched alkanes of at least 4 members (excludes halogenated alkanes) is 1. The topological polar surface area (TPSA) is 47.1 Å². The van der Waals surface area contributed by atoms with E-state index in [4.69, 9.17) is 5.73 Å². The van der Waals surface area contributed by atoms with Gasteiger partial charge in [-0.2, -0.15) is 5.10 Å². The van der Waals surface area contributed by atoms with Gasteiger partial charge in [0.15, 0.2) is 0 Å². The van der Waals surface area contributed by atoms with E-state index >= 15 is 0 Å². The van der Waals surface area contributed by atoms with Crippen LogP contribution in [0.4, 0.5) is 0 Å². The van der Waals surface area contributed by atoms with Crippen molar-refractivity contribution in [3.05, 3.63) is 18.0 Å². The molecule has 0 saturated carbocycles. The molecule has 0 saturated heterocycles. The average Bonchev–Trinajstić information content (AvgIpc) is 2.91. The minimum Gasteiger partial charge on any atom is -0.329 e. The number of hydrogen-bond donors (Lipinski definition) is 1. The molecule has 0 spiro atoms. The Morgan fingerprint density at radius 3 is 2.58 bits per heavy atom. The quantitative estimate of drug-likeness (QED) is 0.747. The summed E-state index contributed by atoms with van der Waals surface area (Å²) in [5, 5.41) is 4.39. The smallest absolute Gasteiger partial charge is 0.0538 e. The van der Waals surface area contributed by atoms with Crippen molar-refractivity contribution in [3.8, 4) is 0 Å². The van der Waals surface area contributed by atoms with Gasteiger partial charge in [-0.3, -0.25) is 9.58 Å². The lowest BCUT2D eigenvalue weighted by atomic mass is 10.1. The molecule has 0 aliphatic heterocycles. The first-order chi connectivity index (χ1) is 9.17. The van der Waals surface area contributed by atoms with E-state index in [9.17, 15) is 0 Å². The lowest BCUT2D eigenvalue weighted by molar-refractivity contribution is 0.141. The number of hydrogen-bond acceptors (Lipinski definition) is 3. The number of aryl methyl sites for hydroxylation is 1. The van der Waals surface area contributed by atoms with E-state index in [2.05, 4.69) is 43.9 Å². The number of aromatic nitrogens is 2. The SMILES string of the molecule is CCCCN(C(C)CC)C(CN)c1cnn(CC)c1. The maximum absolute atomic E-state index is 6.04. The van der Waals surface area contributed by atoms with Crippen molar-refractivity contribution >= 4 is 0 Å². The van der Waals surface area contributed by atoms with E-state index in [1.807, 2.05) is 10.9 Å². The third kappa shape index (κ3) is 4.32. The molecular formula is C15H30N4. The number of nitrogens with two attached hydrogens (primary N) is 1. The second kappa shape index (κ2) is 8.33. The van der Waals surface area contributed by atoms with Crippen LogP contribution < -0.4 is 5.73 Å². The Balaban J connectivity index is 2.87. The fraction of sp³-hybridized carbons (Fsp3) is 0.800. The van der Waals surface area contributed by atoms with E-state index in [0.29, 0.717) is 18.6 Å². The van der Waals surface area contributed by atoms with Crippen LogP contribution in [0.2, 0.25) is 0 Å². The van der Waals surface area contributed by atoms with Crippen LogP contribution in [-0.4, -0.2) is 33.8 Å². The van der Waals surface area contributed by atoms with Gasteiger partial charge < -0.3 is 5.73 Å².